The Morgan fingerprint density at radius 1 is 0.312 bits per heavy atom. The van der Waals surface area contributed by atoms with Crippen molar-refractivity contribution >= 4 is 17.9 Å². The number of ether oxygens (including phenoxy) is 3. The summed E-state index contributed by atoms with van der Waals surface area (Å²) >= 11 is 0. The molecular formula is C58H106O6. The lowest BCUT2D eigenvalue weighted by Crippen LogP contribution is -2.30. The molecule has 0 N–H and O–H groups in total. The van der Waals surface area contributed by atoms with Gasteiger partial charge in [-0.2, -0.15) is 0 Å². The van der Waals surface area contributed by atoms with Crippen molar-refractivity contribution in [1.29, 1.82) is 0 Å². The van der Waals surface area contributed by atoms with E-state index in [0.29, 0.717) is 19.3 Å². The van der Waals surface area contributed by atoms with Gasteiger partial charge in [0.25, 0.3) is 0 Å². The van der Waals surface area contributed by atoms with Crippen molar-refractivity contribution in [3.8, 4) is 0 Å². The van der Waals surface area contributed by atoms with E-state index >= 15 is 0 Å². The predicted octanol–water partition coefficient (Wildman–Crippen LogP) is 18.5. The van der Waals surface area contributed by atoms with Gasteiger partial charge in [0, 0.05) is 19.3 Å². The minimum absolute atomic E-state index is 0.0828. The molecular weight excluding hydrogens is 793 g/mol. The molecule has 0 aromatic carbocycles. The third kappa shape index (κ3) is 50.6. The first-order chi connectivity index (χ1) is 31.5. The van der Waals surface area contributed by atoms with Gasteiger partial charge in [0.1, 0.15) is 13.2 Å². The normalized spacial score (nSPS) is 12.2. The van der Waals surface area contributed by atoms with Crippen LogP contribution in [0.15, 0.2) is 36.5 Å². The number of hydrogen-bond donors (Lipinski definition) is 0. The van der Waals surface area contributed by atoms with Crippen LogP contribution >= 0.6 is 0 Å². The monoisotopic (exact) mass is 899 g/mol. The summed E-state index contributed by atoms with van der Waals surface area (Å²) in [6.07, 6.45) is 62.7. The van der Waals surface area contributed by atoms with Crippen molar-refractivity contribution in [3.63, 3.8) is 0 Å². The number of hydrogen-bond acceptors (Lipinski definition) is 6. The smallest absolute Gasteiger partial charge is 0.306 e. The van der Waals surface area contributed by atoms with Crippen LogP contribution in [0.2, 0.25) is 0 Å². The maximum absolute atomic E-state index is 12.8. The summed E-state index contributed by atoms with van der Waals surface area (Å²) in [5.74, 6) is -0.904. The third-order valence-electron chi connectivity index (χ3n) is 12.4. The van der Waals surface area contributed by atoms with Gasteiger partial charge in [-0.3, -0.25) is 14.4 Å². The molecule has 0 spiro atoms. The van der Waals surface area contributed by atoms with Gasteiger partial charge in [-0.1, -0.05) is 256 Å². The summed E-state index contributed by atoms with van der Waals surface area (Å²) in [6, 6.07) is 0. The average molecular weight is 899 g/mol. The lowest BCUT2D eigenvalue weighted by atomic mass is 10.0. The molecule has 0 fully saturated rings. The van der Waals surface area contributed by atoms with Gasteiger partial charge in [0.15, 0.2) is 6.10 Å². The summed E-state index contributed by atoms with van der Waals surface area (Å²) in [5.41, 5.74) is 0. The van der Waals surface area contributed by atoms with Gasteiger partial charge in [-0.05, 0) is 57.8 Å². The Bertz CT molecular complexity index is 1080. The fourth-order valence-electron chi connectivity index (χ4n) is 8.16. The van der Waals surface area contributed by atoms with Crippen LogP contribution in [-0.2, 0) is 28.6 Å². The van der Waals surface area contributed by atoms with E-state index in [1.54, 1.807) is 0 Å². The van der Waals surface area contributed by atoms with E-state index in [0.717, 1.165) is 64.2 Å². The fraction of sp³-hybridized carbons (Fsp3) is 0.845. The van der Waals surface area contributed by atoms with Crippen molar-refractivity contribution in [2.75, 3.05) is 13.2 Å². The van der Waals surface area contributed by atoms with Crippen LogP contribution in [0.5, 0.6) is 0 Å². The second-order valence-corrected chi connectivity index (χ2v) is 18.9. The highest BCUT2D eigenvalue weighted by Gasteiger charge is 2.19. The Labute approximate surface area is 397 Å². The van der Waals surface area contributed by atoms with Crippen molar-refractivity contribution in [3.05, 3.63) is 36.5 Å². The van der Waals surface area contributed by atoms with Crippen LogP contribution in [0.4, 0.5) is 0 Å². The van der Waals surface area contributed by atoms with Gasteiger partial charge in [-0.25, -0.2) is 0 Å². The van der Waals surface area contributed by atoms with Crippen molar-refractivity contribution in [2.45, 2.75) is 303 Å². The molecule has 0 amide bonds. The topological polar surface area (TPSA) is 78.9 Å². The number of unbranched alkanes of at least 4 members (excludes halogenated alkanes) is 34. The molecule has 0 bridgehead atoms. The van der Waals surface area contributed by atoms with E-state index in [-0.39, 0.29) is 37.5 Å². The highest BCUT2D eigenvalue weighted by Crippen LogP contribution is 2.16. The molecule has 0 rings (SSSR count). The van der Waals surface area contributed by atoms with Crippen molar-refractivity contribution < 1.29 is 28.6 Å². The second-order valence-electron chi connectivity index (χ2n) is 18.9. The Balaban J connectivity index is 4.39. The minimum Gasteiger partial charge on any atom is -0.462 e. The number of carbonyl (C=O) groups excluding carboxylic acids is 3. The van der Waals surface area contributed by atoms with Crippen LogP contribution in [-0.4, -0.2) is 37.2 Å². The third-order valence-corrected chi connectivity index (χ3v) is 12.4. The average Bonchev–Trinajstić information content (AvgIpc) is 3.29. The Morgan fingerprint density at radius 2 is 0.562 bits per heavy atom. The maximum atomic E-state index is 12.8. The van der Waals surface area contributed by atoms with E-state index in [1.165, 1.54) is 186 Å². The molecule has 0 aromatic rings. The number of rotatable bonds is 51. The molecule has 64 heavy (non-hydrogen) atoms. The lowest BCUT2D eigenvalue weighted by molar-refractivity contribution is -0.167. The summed E-state index contributed by atoms with van der Waals surface area (Å²) in [6.45, 7) is 6.62. The molecule has 0 aliphatic heterocycles. The second kappa shape index (κ2) is 53.2. The molecule has 0 saturated heterocycles. The summed E-state index contributed by atoms with van der Waals surface area (Å²) in [5, 5.41) is 0. The predicted molar refractivity (Wildman–Crippen MR) is 275 cm³/mol. The molecule has 0 unspecified atom stereocenters. The maximum Gasteiger partial charge on any atom is 0.306 e. The van der Waals surface area contributed by atoms with E-state index in [9.17, 15) is 14.4 Å². The van der Waals surface area contributed by atoms with Crippen molar-refractivity contribution in [1.82, 2.24) is 0 Å². The Hall–Kier alpha value is -2.37. The van der Waals surface area contributed by atoms with Crippen LogP contribution in [0.1, 0.15) is 297 Å². The van der Waals surface area contributed by atoms with Crippen LogP contribution in [0, 0.1) is 0 Å². The minimum atomic E-state index is -0.787. The van der Waals surface area contributed by atoms with Gasteiger partial charge < -0.3 is 14.2 Å². The zero-order valence-corrected chi connectivity index (χ0v) is 42.8. The first kappa shape index (κ1) is 61.6. The van der Waals surface area contributed by atoms with Gasteiger partial charge in [0.2, 0.25) is 0 Å². The molecule has 0 heterocycles. The van der Waals surface area contributed by atoms with E-state index in [4.69, 9.17) is 14.2 Å². The summed E-state index contributed by atoms with van der Waals surface area (Å²) < 4.78 is 16.8. The molecule has 6 nitrogen and oxygen atoms in total. The van der Waals surface area contributed by atoms with Crippen molar-refractivity contribution in [2.24, 2.45) is 0 Å². The summed E-state index contributed by atoms with van der Waals surface area (Å²) in [4.78, 5) is 38.1. The van der Waals surface area contributed by atoms with E-state index in [1.807, 2.05) is 0 Å². The zero-order valence-electron chi connectivity index (χ0n) is 42.8. The first-order valence-electron chi connectivity index (χ1n) is 28.0. The summed E-state index contributed by atoms with van der Waals surface area (Å²) in [7, 11) is 0. The van der Waals surface area contributed by atoms with Crippen LogP contribution in [0.25, 0.3) is 0 Å². The SMILES string of the molecule is CCCCC/C=C\C/C=C\C/C=C\CCCCC(=O)O[C@H](COC(=O)CCCCCCCCCCCCCCCCC)COC(=O)CCCCCCCCCCCCCCCCCC. The molecule has 6 heteroatoms. The fourth-order valence-corrected chi connectivity index (χ4v) is 8.16. The molecule has 0 aliphatic rings. The van der Waals surface area contributed by atoms with Gasteiger partial charge >= 0.3 is 17.9 Å². The first-order valence-corrected chi connectivity index (χ1v) is 28.0. The van der Waals surface area contributed by atoms with E-state index < -0.39 is 6.10 Å². The lowest BCUT2D eigenvalue weighted by Gasteiger charge is -2.18. The zero-order chi connectivity index (χ0) is 46.5. The number of carbonyl (C=O) groups is 3. The molecule has 0 saturated carbocycles. The molecule has 1 atom stereocenters. The van der Waals surface area contributed by atoms with Gasteiger partial charge in [0.05, 0.1) is 0 Å². The number of esters is 3. The standard InChI is InChI=1S/C58H106O6/c1-4-7-10-13-16-19-22-25-28-31-33-36-39-42-45-48-51-57(60)63-54-55(64-58(61)52-49-46-43-40-37-34-30-27-24-21-18-15-12-9-6-3)53-62-56(59)50-47-44-41-38-35-32-29-26-23-20-17-14-11-8-5-2/h18,21,27,30,37,40,55H,4-17,19-20,22-26,28-29,31-36,38-39,41-54H2,1-3H3/b21-18-,30-27-,40-37-/t55-/m1/s1. The molecule has 0 aromatic heterocycles. The van der Waals surface area contributed by atoms with Crippen LogP contribution in [0.3, 0.4) is 0 Å². The Kier molecular flexibility index (Phi) is 51.3. The largest absolute Gasteiger partial charge is 0.462 e. The van der Waals surface area contributed by atoms with Gasteiger partial charge in [-0.15, -0.1) is 0 Å². The van der Waals surface area contributed by atoms with E-state index in [2.05, 4.69) is 57.2 Å². The molecule has 374 valence electrons. The number of allylic oxidation sites excluding steroid dienone is 6. The molecule has 0 aliphatic carbocycles. The Morgan fingerprint density at radius 3 is 0.906 bits per heavy atom. The highest BCUT2D eigenvalue weighted by molar-refractivity contribution is 5.71. The quantitative estimate of drug-likeness (QED) is 0.0262. The molecule has 0 radical (unpaired) electrons. The van der Waals surface area contributed by atoms with Crippen LogP contribution < -0.4 is 0 Å². The highest BCUT2D eigenvalue weighted by atomic mass is 16.6.